The number of amides is 1. The zero-order chi connectivity index (χ0) is 16.1. The normalized spacial score (nSPS) is 15.7. The number of anilines is 1. The van der Waals surface area contributed by atoms with Crippen molar-refractivity contribution in [3.8, 4) is 0 Å². The second-order valence-corrected chi connectivity index (χ2v) is 5.56. The lowest BCUT2D eigenvalue weighted by Gasteiger charge is -2.16. The monoisotopic (exact) mass is 308 g/mol. The molecule has 0 spiro atoms. The summed E-state index contributed by atoms with van der Waals surface area (Å²) in [5.74, 6) is -0.656. The first kappa shape index (κ1) is 16.4. The number of Topliss-reactive ketones (excluding diaryl/α,β-unsaturated/α-hetero) is 1. The van der Waals surface area contributed by atoms with Gasteiger partial charge in [-0.3, -0.25) is 9.59 Å². The van der Waals surface area contributed by atoms with Gasteiger partial charge in [0, 0.05) is 37.6 Å². The molecule has 0 unspecified atom stereocenters. The molecule has 1 amide bonds. The highest BCUT2D eigenvalue weighted by Gasteiger charge is 2.20. The molecule has 1 aromatic rings. The molecule has 2 rings (SSSR count). The van der Waals surface area contributed by atoms with Gasteiger partial charge < -0.3 is 15.7 Å². The Labute approximate surface area is 128 Å². The molecule has 22 heavy (non-hydrogen) atoms. The van der Waals surface area contributed by atoms with Crippen LogP contribution in [0.3, 0.4) is 0 Å². The number of ketones is 1. The Hall–Kier alpha value is -1.95. The Balaban J connectivity index is 2.05. The maximum atomic E-state index is 14.5. The van der Waals surface area contributed by atoms with Gasteiger partial charge in [-0.2, -0.15) is 0 Å². The molecule has 3 N–H and O–H groups in total. The van der Waals surface area contributed by atoms with Crippen LogP contribution in [0.4, 0.5) is 10.1 Å². The van der Waals surface area contributed by atoms with Crippen LogP contribution >= 0.6 is 0 Å². The van der Waals surface area contributed by atoms with Crippen molar-refractivity contribution in [1.29, 1.82) is 0 Å². The minimum absolute atomic E-state index is 0.0105. The molecule has 1 aromatic carbocycles. The minimum atomic E-state index is -0.816. The van der Waals surface area contributed by atoms with Gasteiger partial charge in [0.1, 0.15) is 5.82 Å². The first-order chi connectivity index (χ1) is 10.5. The third-order valence-electron chi connectivity index (χ3n) is 3.74. The molecule has 1 aliphatic rings. The SMILES string of the molecule is CC(=O)NC[C@H](O)CNc1ccc2c(c1F)CCCCC2=O. The van der Waals surface area contributed by atoms with Gasteiger partial charge in [0.25, 0.3) is 0 Å². The standard InChI is InChI=1S/C16H21FN2O3/c1-10(20)18-8-11(21)9-19-14-7-6-12-13(16(14)17)4-2-3-5-15(12)22/h6-7,11,19,21H,2-5,8-9H2,1H3,(H,18,20)/t11-/m0/s1. The quantitative estimate of drug-likeness (QED) is 0.723. The van der Waals surface area contributed by atoms with Crippen molar-refractivity contribution in [2.45, 2.75) is 38.7 Å². The first-order valence-electron chi connectivity index (χ1n) is 7.50. The van der Waals surface area contributed by atoms with E-state index in [4.69, 9.17) is 0 Å². The van der Waals surface area contributed by atoms with Crippen molar-refractivity contribution in [3.63, 3.8) is 0 Å². The molecule has 0 heterocycles. The smallest absolute Gasteiger partial charge is 0.216 e. The summed E-state index contributed by atoms with van der Waals surface area (Å²) in [5.41, 5.74) is 1.21. The van der Waals surface area contributed by atoms with Gasteiger partial charge >= 0.3 is 0 Å². The molecule has 0 aromatic heterocycles. The predicted molar refractivity (Wildman–Crippen MR) is 81.5 cm³/mol. The van der Waals surface area contributed by atoms with Crippen molar-refractivity contribution in [2.24, 2.45) is 0 Å². The number of halogens is 1. The number of hydrogen-bond acceptors (Lipinski definition) is 4. The summed E-state index contributed by atoms with van der Waals surface area (Å²) in [6.07, 6.45) is 1.78. The molecule has 1 aliphatic carbocycles. The largest absolute Gasteiger partial charge is 0.389 e. The van der Waals surface area contributed by atoms with E-state index >= 15 is 0 Å². The van der Waals surface area contributed by atoms with Gasteiger partial charge in [-0.15, -0.1) is 0 Å². The Morgan fingerprint density at radius 2 is 2.05 bits per heavy atom. The summed E-state index contributed by atoms with van der Waals surface area (Å²) in [6, 6.07) is 3.18. The number of carbonyl (C=O) groups excluding carboxylic acids is 2. The summed E-state index contributed by atoms with van der Waals surface area (Å²) in [5, 5.41) is 15.0. The van der Waals surface area contributed by atoms with Crippen LogP contribution < -0.4 is 10.6 Å². The Bertz CT molecular complexity index is 575. The number of hydrogen-bond donors (Lipinski definition) is 3. The van der Waals surface area contributed by atoms with Gasteiger partial charge in [0.2, 0.25) is 5.91 Å². The van der Waals surface area contributed by atoms with Crippen LogP contribution in [0.2, 0.25) is 0 Å². The number of benzene rings is 1. The van der Waals surface area contributed by atoms with Crippen molar-refractivity contribution in [2.75, 3.05) is 18.4 Å². The summed E-state index contributed by atoms with van der Waals surface area (Å²) >= 11 is 0. The molecule has 120 valence electrons. The van der Waals surface area contributed by atoms with Crippen LogP contribution in [0.1, 0.15) is 42.1 Å². The maximum Gasteiger partial charge on any atom is 0.216 e. The summed E-state index contributed by atoms with van der Waals surface area (Å²) in [7, 11) is 0. The Kier molecular flexibility index (Phi) is 5.49. The third kappa shape index (κ3) is 4.04. The fraction of sp³-hybridized carbons (Fsp3) is 0.500. The van der Waals surface area contributed by atoms with Gasteiger partial charge in [-0.25, -0.2) is 4.39 Å². The molecule has 0 radical (unpaired) electrons. The highest BCUT2D eigenvalue weighted by atomic mass is 19.1. The minimum Gasteiger partial charge on any atom is -0.389 e. The summed E-state index contributed by atoms with van der Waals surface area (Å²) < 4.78 is 14.5. The molecular formula is C16H21FN2O3. The molecule has 5 nitrogen and oxygen atoms in total. The van der Waals surface area contributed by atoms with E-state index in [0.29, 0.717) is 24.0 Å². The highest BCUT2D eigenvalue weighted by molar-refractivity contribution is 5.98. The molecule has 0 bridgehead atoms. The van der Waals surface area contributed by atoms with E-state index in [-0.39, 0.29) is 30.5 Å². The average molecular weight is 308 g/mol. The van der Waals surface area contributed by atoms with E-state index in [1.165, 1.54) is 13.0 Å². The fourth-order valence-corrected chi connectivity index (χ4v) is 2.55. The number of aliphatic hydroxyl groups excluding tert-OH is 1. The fourth-order valence-electron chi connectivity index (χ4n) is 2.55. The molecular weight excluding hydrogens is 287 g/mol. The van der Waals surface area contributed by atoms with Crippen LogP contribution in [-0.2, 0) is 11.2 Å². The molecule has 0 saturated carbocycles. The first-order valence-corrected chi connectivity index (χ1v) is 7.50. The van der Waals surface area contributed by atoms with Gasteiger partial charge in [-0.1, -0.05) is 0 Å². The zero-order valence-electron chi connectivity index (χ0n) is 12.6. The highest BCUT2D eigenvalue weighted by Crippen LogP contribution is 2.27. The van der Waals surface area contributed by atoms with Crippen molar-refractivity contribution in [3.05, 3.63) is 29.1 Å². The van der Waals surface area contributed by atoms with Gasteiger partial charge in [0.15, 0.2) is 5.78 Å². The third-order valence-corrected chi connectivity index (χ3v) is 3.74. The molecule has 0 saturated heterocycles. The van der Waals surface area contributed by atoms with Crippen molar-refractivity contribution >= 4 is 17.4 Å². The van der Waals surface area contributed by atoms with Crippen LogP contribution in [0.25, 0.3) is 0 Å². The van der Waals surface area contributed by atoms with Crippen LogP contribution in [0.5, 0.6) is 0 Å². The summed E-state index contributed by atoms with van der Waals surface area (Å²) in [4.78, 5) is 22.7. The number of nitrogens with one attached hydrogen (secondary N) is 2. The lowest BCUT2D eigenvalue weighted by Crippen LogP contribution is -2.34. The second kappa shape index (κ2) is 7.35. The van der Waals surface area contributed by atoms with Crippen LogP contribution in [0, 0.1) is 5.82 Å². The van der Waals surface area contributed by atoms with Gasteiger partial charge in [0.05, 0.1) is 11.8 Å². The number of carbonyl (C=O) groups is 2. The topological polar surface area (TPSA) is 78.4 Å². The van der Waals surface area contributed by atoms with E-state index in [0.717, 1.165) is 12.8 Å². The second-order valence-electron chi connectivity index (χ2n) is 5.56. The Morgan fingerprint density at radius 1 is 1.32 bits per heavy atom. The van der Waals surface area contributed by atoms with Crippen LogP contribution in [-0.4, -0.2) is 36.0 Å². The van der Waals surface area contributed by atoms with E-state index < -0.39 is 11.9 Å². The van der Waals surface area contributed by atoms with E-state index in [2.05, 4.69) is 10.6 Å². The van der Waals surface area contributed by atoms with E-state index in [9.17, 15) is 19.1 Å². The van der Waals surface area contributed by atoms with Crippen LogP contribution in [0.15, 0.2) is 12.1 Å². The molecule has 0 aliphatic heterocycles. The van der Waals surface area contributed by atoms with Crippen molar-refractivity contribution in [1.82, 2.24) is 5.32 Å². The number of fused-ring (bicyclic) bond motifs is 1. The number of rotatable bonds is 5. The average Bonchev–Trinajstić information content (AvgIpc) is 2.67. The predicted octanol–water partition coefficient (Wildman–Crippen LogP) is 1.64. The van der Waals surface area contributed by atoms with Gasteiger partial charge in [-0.05, 0) is 31.4 Å². The number of aliphatic hydroxyl groups is 1. The molecule has 1 atom stereocenters. The molecule has 6 heteroatoms. The Morgan fingerprint density at radius 3 is 2.77 bits per heavy atom. The zero-order valence-corrected chi connectivity index (χ0v) is 12.6. The lowest BCUT2D eigenvalue weighted by atomic mass is 10.0. The van der Waals surface area contributed by atoms with E-state index in [1.807, 2.05) is 0 Å². The maximum absolute atomic E-state index is 14.5. The van der Waals surface area contributed by atoms with E-state index in [1.54, 1.807) is 6.07 Å². The van der Waals surface area contributed by atoms with Crippen molar-refractivity contribution < 1.29 is 19.1 Å². The lowest BCUT2D eigenvalue weighted by molar-refractivity contribution is -0.119. The molecule has 0 fully saturated rings. The summed E-state index contributed by atoms with van der Waals surface area (Å²) in [6.45, 7) is 1.58.